The molecule has 1 spiro atoms. The molecule has 4 aliphatic rings. The molecule has 7 aromatic carbocycles. The summed E-state index contributed by atoms with van der Waals surface area (Å²) in [6, 6.07) is 65.4. The Morgan fingerprint density at radius 3 is 1.75 bits per heavy atom. The minimum atomic E-state index is -0.516. The largest absolute Gasteiger partial charge is 0.314 e. The fraction of sp³-hybridized carbons (Fsp3) is 0.0909. The van der Waals surface area contributed by atoms with E-state index < -0.39 is 5.41 Å². The number of allylic oxidation sites excluding steroid dienone is 8. The second kappa shape index (κ2) is 13.7. The molecule has 57 heavy (non-hydrogen) atoms. The lowest BCUT2D eigenvalue weighted by Gasteiger charge is -2.45. The van der Waals surface area contributed by atoms with Crippen molar-refractivity contribution in [3.63, 3.8) is 0 Å². The third-order valence-corrected chi connectivity index (χ3v) is 12.5. The van der Waals surface area contributed by atoms with Gasteiger partial charge in [-0.1, -0.05) is 158 Å². The van der Waals surface area contributed by atoms with Gasteiger partial charge >= 0.3 is 0 Å². The number of nitrogens with zero attached hydrogens (tertiary/aromatic N) is 2. The molecule has 1 aliphatic heterocycles. The van der Waals surface area contributed by atoms with Crippen molar-refractivity contribution in [1.29, 1.82) is 0 Å². The third-order valence-electron chi connectivity index (χ3n) is 12.5. The lowest BCUT2D eigenvalue weighted by atomic mass is 9.64. The molecule has 0 N–H and O–H groups in total. The minimum absolute atomic E-state index is 0.516. The molecule has 2 heteroatoms. The van der Waals surface area contributed by atoms with Gasteiger partial charge in [-0.15, -0.1) is 0 Å². The smallest absolute Gasteiger partial charge is 0.0755 e. The lowest BCUT2D eigenvalue weighted by Crippen LogP contribution is -2.36. The Morgan fingerprint density at radius 1 is 0.456 bits per heavy atom. The topological polar surface area (TPSA) is 6.48 Å². The van der Waals surface area contributed by atoms with Crippen LogP contribution in [0.25, 0.3) is 22.3 Å². The van der Waals surface area contributed by atoms with Crippen LogP contribution in [0.1, 0.15) is 59.1 Å². The third kappa shape index (κ3) is 5.25. The monoisotopic (exact) mass is 730 g/mol. The zero-order valence-corrected chi connectivity index (χ0v) is 31.9. The average molecular weight is 731 g/mol. The van der Waals surface area contributed by atoms with Gasteiger partial charge in [0.25, 0.3) is 0 Å². The number of para-hydroxylation sites is 3. The van der Waals surface area contributed by atoms with Crippen molar-refractivity contribution < 1.29 is 0 Å². The van der Waals surface area contributed by atoms with Gasteiger partial charge in [-0.2, -0.15) is 0 Å². The Bertz CT molecular complexity index is 2740. The molecule has 272 valence electrons. The molecule has 0 unspecified atom stereocenters. The molecule has 7 aromatic rings. The first-order valence-electron chi connectivity index (χ1n) is 20.3. The number of hydrogen-bond donors (Lipinski definition) is 0. The first kappa shape index (κ1) is 33.4. The van der Waals surface area contributed by atoms with Crippen LogP contribution in [0.15, 0.2) is 212 Å². The first-order chi connectivity index (χ1) is 28.3. The second-order valence-electron chi connectivity index (χ2n) is 15.5. The van der Waals surface area contributed by atoms with Gasteiger partial charge in [0, 0.05) is 22.6 Å². The van der Waals surface area contributed by atoms with Gasteiger partial charge in [0.2, 0.25) is 0 Å². The molecule has 3 aliphatic carbocycles. The number of anilines is 5. The van der Waals surface area contributed by atoms with E-state index in [0.717, 1.165) is 31.4 Å². The number of rotatable bonds is 6. The van der Waals surface area contributed by atoms with E-state index in [1.54, 1.807) is 0 Å². The summed E-state index contributed by atoms with van der Waals surface area (Å²) in [6.45, 7) is 0. The molecule has 0 saturated heterocycles. The number of fused-ring (bicyclic) bond motifs is 9. The predicted octanol–water partition coefficient (Wildman–Crippen LogP) is 14.5. The van der Waals surface area contributed by atoms with Crippen molar-refractivity contribution in [1.82, 2.24) is 0 Å². The molecule has 0 bridgehead atoms. The molecule has 0 fully saturated rings. The van der Waals surface area contributed by atoms with E-state index >= 15 is 0 Å². The van der Waals surface area contributed by atoms with Crippen molar-refractivity contribution in [2.24, 2.45) is 0 Å². The van der Waals surface area contributed by atoms with Crippen LogP contribution in [0.4, 0.5) is 28.4 Å². The highest BCUT2D eigenvalue weighted by atomic mass is 15.2. The maximum absolute atomic E-state index is 2.56. The minimum Gasteiger partial charge on any atom is -0.314 e. The average Bonchev–Trinajstić information content (AvgIpc) is 3.59. The van der Waals surface area contributed by atoms with Crippen molar-refractivity contribution in [2.45, 2.75) is 31.1 Å². The zero-order chi connectivity index (χ0) is 37.8. The molecule has 0 aromatic heterocycles. The quantitative estimate of drug-likeness (QED) is 0.168. The van der Waals surface area contributed by atoms with Gasteiger partial charge in [-0.3, -0.25) is 0 Å². The van der Waals surface area contributed by atoms with Crippen molar-refractivity contribution >= 4 is 39.6 Å². The van der Waals surface area contributed by atoms with E-state index in [9.17, 15) is 0 Å². The van der Waals surface area contributed by atoms with Gasteiger partial charge in [-0.05, 0) is 124 Å². The van der Waals surface area contributed by atoms with E-state index in [-0.39, 0.29) is 0 Å². The normalized spacial score (nSPS) is 15.8. The number of benzene rings is 7. The maximum Gasteiger partial charge on any atom is 0.0755 e. The molecule has 0 radical (unpaired) electrons. The molecule has 2 nitrogen and oxygen atoms in total. The van der Waals surface area contributed by atoms with Gasteiger partial charge in [0.1, 0.15) is 0 Å². The van der Waals surface area contributed by atoms with E-state index in [2.05, 4.69) is 216 Å². The molecule has 0 saturated carbocycles. The summed E-state index contributed by atoms with van der Waals surface area (Å²) in [7, 11) is 0. The second-order valence-corrected chi connectivity index (χ2v) is 15.5. The van der Waals surface area contributed by atoms with Crippen LogP contribution >= 0.6 is 0 Å². The van der Waals surface area contributed by atoms with Crippen LogP contribution in [0.2, 0.25) is 0 Å². The molecule has 1 heterocycles. The predicted molar refractivity (Wildman–Crippen MR) is 239 cm³/mol. The maximum atomic E-state index is 2.56. The fourth-order valence-electron chi connectivity index (χ4n) is 10.0. The molecular formula is C55H42N2. The summed E-state index contributed by atoms with van der Waals surface area (Å²) in [5.74, 6) is 0. The summed E-state index contributed by atoms with van der Waals surface area (Å²) in [5.41, 5.74) is 20.0. The molecule has 11 rings (SSSR count). The van der Waals surface area contributed by atoms with Crippen LogP contribution in [0, 0.1) is 0 Å². The van der Waals surface area contributed by atoms with Crippen LogP contribution in [0.3, 0.4) is 0 Å². The van der Waals surface area contributed by atoms with Crippen LogP contribution < -0.4 is 9.80 Å². The van der Waals surface area contributed by atoms with Crippen molar-refractivity contribution in [2.75, 3.05) is 9.80 Å². The summed E-state index contributed by atoms with van der Waals surface area (Å²) in [6.07, 6.45) is 15.5. The van der Waals surface area contributed by atoms with Crippen molar-refractivity contribution in [3.8, 4) is 11.1 Å². The van der Waals surface area contributed by atoms with Crippen LogP contribution in [-0.4, -0.2) is 0 Å². The molecule has 0 atom stereocenters. The highest BCUT2D eigenvalue weighted by molar-refractivity contribution is 6.00. The Kier molecular flexibility index (Phi) is 8.03. The van der Waals surface area contributed by atoms with E-state index in [4.69, 9.17) is 0 Å². The Hall–Kier alpha value is -6.90. The highest BCUT2D eigenvalue weighted by Gasteiger charge is 2.52. The van der Waals surface area contributed by atoms with Gasteiger partial charge in [0.15, 0.2) is 0 Å². The SMILES string of the molecule is C1=CCCC(c2ccc(N(C3=CC=C(c4ccccc4)CC3)c3cccc4c3-c3ccccc3C43c4ccccc4N(c4ccccc4)c4ccccc43)cc2)=C1. The fourth-order valence-corrected chi connectivity index (χ4v) is 10.0. The lowest BCUT2D eigenvalue weighted by molar-refractivity contribution is 0.752. The van der Waals surface area contributed by atoms with E-state index in [1.807, 2.05) is 0 Å². The highest BCUT2D eigenvalue weighted by Crippen LogP contribution is 2.65. The van der Waals surface area contributed by atoms with Crippen molar-refractivity contribution in [3.05, 3.63) is 245 Å². The van der Waals surface area contributed by atoms with E-state index in [0.29, 0.717) is 0 Å². The number of hydrogen-bond acceptors (Lipinski definition) is 2. The van der Waals surface area contributed by atoms with E-state index in [1.165, 1.54) is 84.1 Å². The Morgan fingerprint density at radius 2 is 1.07 bits per heavy atom. The standard InChI is InChI=1S/C55H42N2/c1-4-17-39(18-5-1)41-31-35-44(36-32-41)56(45-37-33-42(34-38-45)40-19-6-2-7-20-40)53-30-16-27-50-54(53)46-23-10-11-24-47(46)55(50)48-25-12-14-28-51(48)57(43-21-8-3-9-22-43)52-29-15-13-26-49(52)55/h1-6,8-19,21-31,33-35,37-38H,7,20,32,36H2. The summed E-state index contributed by atoms with van der Waals surface area (Å²) in [5, 5.41) is 0. The summed E-state index contributed by atoms with van der Waals surface area (Å²) < 4.78 is 0. The van der Waals surface area contributed by atoms with Crippen LogP contribution in [0.5, 0.6) is 0 Å². The van der Waals surface area contributed by atoms with Gasteiger partial charge in [0.05, 0.1) is 22.5 Å². The van der Waals surface area contributed by atoms with Crippen LogP contribution in [-0.2, 0) is 5.41 Å². The molecular weight excluding hydrogens is 689 g/mol. The zero-order valence-electron chi connectivity index (χ0n) is 31.9. The Balaban J connectivity index is 1.15. The summed E-state index contributed by atoms with van der Waals surface area (Å²) >= 11 is 0. The summed E-state index contributed by atoms with van der Waals surface area (Å²) in [4.78, 5) is 5.01. The molecule has 0 amide bonds. The van der Waals surface area contributed by atoms with Gasteiger partial charge in [-0.25, -0.2) is 0 Å². The first-order valence-corrected chi connectivity index (χ1v) is 20.3. The Labute approximate surface area is 335 Å². The van der Waals surface area contributed by atoms with Gasteiger partial charge < -0.3 is 9.80 Å².